The molecule has 1 aliphatic carbocycles. The molecule has 2 atom stereocenters. The van der Waals surface area contributed by atoms with Gasteiger partial charge in [-0.2, -0.15) is 0 Å². The summed E-state index contributed by atoms with van der Waals surface area (Å²) in [6.07, 6.45) is 5.46. The molecule has 2 heteroatoms. The fourth-order valence-corrected chi connectivity index (χ4v) is 3.36. The average Bonchev–Trinajstić information content (AvgIpc) is 2.79. The Balaban J connectivity index is 1.74. The molecule has 1 aromatic carbocycles. The highest BCUT2D eigenvalue weighted by Gasteiger charge is 2.41. The van der Waals surface area contributed by atoms with Crippen molar-refractivity contribution in [3.05, 3.63) is 35.9 Å². The van der Waals surface area contributed by atoms with Gasteiger partial charge in [0.1, 0.15) is 0 Å². The number of hydrogen-bond donors (Lipinski definition) is 1. The average molecular weight is 231 g/mol. The molecule has 17 heavy (non-hydrogen) atoms. The van der Waals surface area contributed by atoms with Crippen LogP contribution in [-0.2, 0) is 4.74 Å². The van der Waals surface area contributed by atoms with Crippen molar-refractivity contribution < 1.29 is 4.74 Å². The number of nitrogens with one attached hydrogen (secondary N) is 1. The van der Waals surface area contributed by atoms with E-state index in [0.717, 1.165) is 6.61 Å². The van der Waals surface area contributed by atoms with Gasteiger partial charge in [-0.05, 0) is 25.3 Å². The van der Waals surface area contributed by atoms with Crippen molar-refractivity contribution in [1.82, 2.24) is 5.32 Å². The molecule has 92 valence electrons. The van der Waals surface area contributed by atoms with Crippen molar-refractivity contribution in [2.45, 2.75) is 50.3 Å². The largest absolute Gasteiger partial charge is 0.370 e. The van der Waals surface area contributed by atoms with Crippen LogP contribution in [0.4, 0.5) is 0 Å². The fourth-order valence-electron chi connectivity index (χ4n) is 3.36. The molecule has 1 heterocycles. The summed E-state index contributed by atoms with van der Waals surface area (Å²) in [4.78, 5) is 0. The highest BCUT2D eigenvalue weighted by atomic mass is 16.5. The van der Waals surface area contributed by atoms with Gasteiger partial charge in [-0.25, -0.2) is 0 Å². The van der Waals surface area contributed by atoms with Crippen molar-refractivity contribution in [2.24, 2.45) is 0 Å². The Bertz CT molecular complexity index is 370. The van der Waals surface area contributed by atoms with Crippen LogP contribution in [-0.4, -0.2) is 18.2 Å². The summed E-state index contributed by atoms with van der Waals surface area (Å²) in [7, 11) is 0. The van der Waals surface area contributed by atoms with Crippen LogP contribution in [0.2, 0.25) is 0 Å². The second-order valence-electron chi connectivity index (χ2n) is 5.56. The Morgan fingerprint density at radius 3 is 2.53 bits per heavy atom. The van der Waals surface area contributed by atoms with Crippen molar-refractivity contribution in [3.63, 3.8) is 0 Å². The Hall–Kier alpha value is -0.860. The van der Waals surface area contributed by atoms with E-state index < -0.39 is 0 Å². The van der Waals surface area contributed by atoms with Crippen LogP contribution >= 0.6 is 0 Å². The molecule has 1 aromatic rings. The van der Waals surface area contributed by atoms with Crippen LogP contribution < -0.4 is 5.32 Å². The molecule has 2 aliphatic rings. The lowest BCUT2D eigenvalue weighted by Crippen LogP contribution is -2.57. The Kier molecular flexibility index (Phi) is 2.93. The Morgan fingerprint density at radius 1 is 1.18 bits per heavy atom. The second kappa shape index (κ2) is 4.43. The molecule has 2 fully saturated rings. The minimum atomic E-state index is 0.211. The van der Waals surface area contributed by atoms with E-state index in [1.807, 2.05) is 0 Å². The molecule has 3 rings (SSSR count). The van der Waals surface area contributed by atoms with Gasteiger partial charge in [0.25, 0.3) is 0 Å². The lowest BCUT2D eigenvalue weighted by molar-refractivity contribution is -0.0587. The number of benzene rings is 1. The van der Waals surface area contributed by atoms with Crippen LogP contribution in [0, 0.1) is 0 Å². The second-order valence-corrected chi connectivity index (χ2v) is 5.56. The van der Waals surface area contributed by atoms with E-state index in [-0.39, 0.29) is 11.6 Å². The predicted molar refractivity (Wildman–Crippen MR) is 68.9 cm³/mol. The maximum absolute atomic E-state index is 6.15. The third-order valence-electron chi connectivity index (χ3n) is 4.22. The molecular formula is C15H21NO. The molecule has 1 saturated heterocycles. The molecule has 0 amide bonds. The van der Waals surface area contributed by atoms with E-state index in [1.54, 1.807) is 0 Å². The van der Waals surface area contributed by atoms with Crippen molar-refractivity contribution in [2.75, 3.05) is 6.61 Å². The normalized spacial score (nSPS) is 31.8. The summed E-state index contributed by atoms with van der Waals surface area (Å²) in [6, 6.07) is 11.0. The van der Waals surface area contributed by atoms with Crippen LogP contribution in [0.15, 0.2) is 30.3 Å². The van der Waals surface area contributed by atoms with E-state index in [9.17, 15) is 0 Å². The molecule has 1 aliphatic heterocycles. The molecular weight excluding hydrogens is 210 g/mol. The fraction of sp³-hybridized carbons (Fsp3) is 0.600. The minimum Gasteiger partial charge on any atom is -0.370 e. The van der Waals surface area contributed by atoms with Crippen LogP contribution in [0.5, 0.6) is 0 Å². The summed E-state index contributed by atoms with van der Waals surface area (Å²) < 4.78 is 6.15. The van der Waals surface area contributed by atoms with Gasteiger partial charge in [-0.1, -0.05) is 43.2 Å². The number of morpholine rings is 1. The monoisotopic (exact) mass is 231 g/mol. The van der Waals surface area contributed by atoms with Gasteiger partial charge < -0.3 is 10.1 Å². The number of rotatable bonds is 1. The van der Waals surface area contributed by atoms with Gasteiger partial charge in [0.15, 0.2) is 0 Å². The SMILES string of the molecule is C[C@H]1NC2(CCCC2)CO[C@@H]1c1ccccc1. The maximum Gasteiger partial charge on any atom is 0.0976 e. The smallest absolute Gasteiger partial charge is 0.0976 e. The molecule has 1 spiro atoms. The zero-order valence-electron chi connectivity index (χ0n) is 10.5. The Morgan fingerprint density at radius 2 is 1.88 bits per heavy atom. The van der Waals surface area contributed by atoms with Crippen LogP contribution in [0.3, 0.4) is 0 Å². The summed E-state index contributed by atoms with van der Waals surface area (Å²) in [6.45, 7) is 3.12. The van der Waals surface area contributed by atoms with Crippen LogP contribution in [0.25, 0.3) is 0 Å². The van der Waals surface area contributed by atoms with Crippen molar-refractivity contribution in [1.29, 1.82) is 0 Å². The third kappa shape index (κ3) is 2.12. The molecule has 0 bridgehead atoms. The predicted octanol–water partition coefficient (Wildman–Crippen LogP) is 3.05. The molecule has 2 nitrogen and oxygen atoms in total. The Labute approximate surface area is 103 Å². The van der Waals surface area contributed by atoms with Crippen LogP contribution in [0.1, 0.15) is 44.3 Å². The van der Waals surface area contributed by atoms with Gasteiger partial charge >= 0.3 is 0 Å². The lowest BCUT2D eigenvalue weighted by atomic mass is 9.91. The first-order valence-corrected chi connectivity index (χ1v) is 6.73. The molecule has 1 N–H and O–H groups in total. The highest BCUT2D eigenvalue weighted by Crippen LogP contribution is 2.37. The zero-order chi connectivity index (χ0) is 11.7. The highest BCUT2D eigenvalue weighted by molar-refractivity contribution is 5.20. The first-order valence-electron chi connectivity index (χ1n) is 6.73. The first-order chi connectivity index (χ1) is 8.29. The van der Waals surface area contributed by atoms with E-state index in [4.69, 9.17) is 4.74 Å². The van der Waals surface area contributed by atoms with E-state index in [1.165, 1.54) is 31.2 Å². The molecule has 1 saturated carbocycles. The molecule has 0 unspecified atom stereocenters. The van der Waals surface area contributed by atoms with Gasteiger partial charge in [-0.3, -0.25) is 0 Å². The quantitative estimate of drug-likeness (QED) is 0.802. The van der Waals surface area contributed by atoms with Gasteiger partial charge in [-0.15, -0.1) is 0 Å². The van der Waals surface area contributed by atoms with Crippen molar-refractivity contribution in [3.8, 4) is 0 Å². The summed E-state index contributed by atoms with van der Waals surface area (Å²) in [5.41, 5.74) is 1.57. The first kappa shape index (κ1) is 11.2. The van der Waals surface area contributed by atoms with Gasteiger partial charge in [0.05, 0.1) is 12.7 Å². The topological polar surface area (TPSA) is 21.3 Å². The van der Waals surface area contributed by atoms with Gasteiger partial charge in [0, 0.05) is 11.6 Å². The standard InChI is InChI=1S/C15H21NO/c1-12-14(13-7-3-2-4-8-13)17-11-15(16-12)9-5-6-10-15/h2-4,7-8,12,14,16H,5-6,9-11H2,1H3/t12-,14+/m1/s1. The maximum atomic E-state index is 6.15. The van der Waals surface area contributed by atoms with Crippen molar-refractivity contribution >= 4 is 0 Å². The summed E-state index contributed by atoms with van der Waals surface area (Å²) in [5, 5.41) is 3.82. The molecule has 0 aromatic heterocycles. The number of ether oxygens (including phenoxy) is 1. The summed E-state index contributed by atoms with van der Waals surface area (Å²) in [5.74, 6) is 0. The van der Waals surface area contributed by atoms with E-state index in [2.05, 4.69) is 42.6 Å². The zero-order valence-corrected chi connectivity index (χ0v) is 10.5. The minimum absolute atomic E-state index is 0.211. The third-order valence-corrected chi connectivity index (χ3v) is 4.22. The summed E-state index contributed by atoms with van der Waals surface area (Å²) >= 11 is 0. The number of hydrogen-bond acceptors (Lipinski definition) is 2. The lowest BCUT2D eigenvalue weighted by Gasteiger charge is -2.43. The van der Waals surface area contributed by atoms with E-state index in [0.29, 0.717) is 6.04 Å². The molecule has 0 radical (unpaired) electrons. The van der Waals surface area contributed by atoms with Gasteiger partial charge in [0.2, 0.25) is 0 Å². The van der Waals surface area contributed by atoms with E-state index >= 15 is 0 Å².